The molecule has 17 heavy (non-hydrogen) atoms. The van der Waals surface area contributed by atoms with Crippen LogP contribution in [0.5, 0.6) is 0 Å². The fraction of sp³-hybridized carbons (Fsp3) is 0.636. The molecule has 1 fully saturated rings. The molecule has 1 aromatic heterocycles. The van der Waals surface area contributed by atoms with E-state index in [1.165, 1.54) is 18.4 Å². The number of ether oxygens (including phenoxy) is 2. The molecule has 0 unspecified atom stereocenters. The van der Waals surface area contributed by atoms with Crippen LogP contribution >= 0.6 is 11.3 Å². The van der Waals surface area contributed by atoms with E-state index in [-0.39, 0.29) is 5.97 Å². The molecule has 0 radical (unpaired) electrons. The summed E-state index contributed by atoms with van der Waals surface area (Å²) in [4.78, 5) is 16.3. The smallest absolute Gasteiger partial charge is 0.350 e. The fourth-order valence-corrected chi connectivity index (χ4v) is 2.75. The molecule has 0 atom stereocenters. The maximum absolute atomic E-state index is 11.4. The third-order valence-corrected chi connectivity index (χ3v) is 3.99. The van der Waals surface area contributed by atoms with E-state index in [0.29, 0.717) is 22.7 Å². The van der Waals surface area contributed by atoms with Crippen molar-refractivity contribution in [1.82, 2.24) is 4.98 Å². The quantitative estimate of drug-likeness (QED) is 0.833. The Hall–Kier alpha value is -1.14. The van der Waals surface area contributed by atoms with Gasteiger partial charge in [0.25, 0.3) is 0 Å². The highest BCUT2D eigenvalue weighted by Crippen LogP contribution is 2.29. The van der Waals surface area contributed by atoms with Gasteiger partial charge in [-0.05, 0) is 19.8 Å². The number of anilines is 1. The summed E-state index contributed by atoms with van der Waals surface area (Å²) >= 11 is 1.34. The fourth-order valence-electron chi connectivity index (χ4n) is 1.79. The van der Waals surface area contributed by atoms with Gasteiger partial charge in [-0.3, -0.25) is 0 Å². The Balaban J connectivity index is 1.96. The second-order valence-electron chi connectivity index (χ2n) is 4.10. The van der Waals surface area contributed by atoms with E-state index in [1.807, 2.05) is 6.92 Å². The molecule has 0 amide bonds. The van der Waals surface area contributed by atoms with Crippen LogP contribution in [0.1, 0.15) is 28.2 Å². The highest BCUT2D eigenvalue weighted by molar-refractivity contribution is 7.17. The molecule has 2 rings (SSSR count). The second kappa shape index (κ2) is 5.01. The van der Waals surface area contributed by atoms with E-state index in [2.05, 4.69) is 10.3 Å². The van der Waals surface area contributed by atoms with E-state index >= 15 is 0 Å². The van der Waals surface area contributed by atoms with Crippen molar-refractivity contribution < 1.29 is 14.3 Å². The molecule has 6 heteroatoms. The highest BCUT2D eigenvalue weighted by Gasteiger charge is 2.29. The van der Waals surface area contributed by atoms with Gasteiger partial charge in [-0.25, -0.2) is 9.78 Å². The van der Waals surface area contributed by atoms with Crippen LogP contribution in [0, 0.1) is 6.92 Å². The van der Waals surface area contributed by atoms with Gasteiger partial charge < -0.3 is 14.8 Å². The molecule has 0 aliphatic heterocycles. The topological polar surface area (TPSA) is 60.5 Å². The van der Waals surface area contributed by atoms with Crippen molar-refractivity contribution >= 4 is 22.4 Å². The zero-order valence-corrected chi connectivity index (χ0v) is 11.0. The summed E-state index contributed by atoms with van der Waals surface area (Å²) in [5, 5.41) is 4.08. The van der Waals surface area contributed by atoms with Crippen LogP contribution in [0.15, 0.2) is 0 Å². The molecule has 1 N–H and O–H groups in total. The number of aryl methyl sites for hydroxylation is 1. The lowest BCUT2D eigenvalue weighted by Gasteiger charge is -2.34. The minimum absolute atomic E-state index is 0.323. The van der Waals surface area contributed by atoms with E-state index < -0.39 is 0 Å². The van der Waals surface area contributed by atoms with Gasteiger partial charge in [0.2, 0.25) is 0 Å². The molecule has 1 aliphatic carbocycles. The van der Waals surface area contributed by atoms with Crippen molar-refractivity contribution in [2.24, 2.45) is 0 Å². The summed E-state index contributed by atoms with van der Waals surface area (Å²) in [6.07, 6.45) is 2.33. The predicted molar refractivity (Wildman–Crippen MR) is 65.6 cm³/mol. The van der Waals surface area contributed by atoms with Crippen molar-refractivity contribution in [2.45, 2.75) is 31.9 Å². The van der Waals surface area contributed by atoms with Gasteiger partial charge in [0.1, 0.15) is 4.88 Å². The summed E-state index contributed by atoms with van der Waals surface area (Å²) in [7, 11) is 3.10. The lowest BCUT2D eigenvalue weighted by Crippen LogP contribution is -2.40. The Labute approximate surface area is 104 Å². The molecular formula is C11H16N2O3S. The molecule has 0 saturated heterocycles. The standard InChI is InChI=1S/C11H16N2O3S/c1-6-9(10(14)16-3)17-11(12-6)13-7-4-8(5-7)15-2/h7-8H,4-5H2,1-3H3,(H,12,13). The van der Waals surface area contributed by atoms with Crippen molar-refractivity contribution in [3.05, 3.63) is 10.6 Å². The van der Waals surface area contributed by atoms with Crippen LogP contribution < -0.4 is 5.32 Å². The number of carbonyl (C=O) groups excluding carboxylic acids is 1. The van der Waals surface area contributed by atoms with E-state index in [9.17, 15) is 4.79 Å². The molecule has 1 aromatic rings. The number of esters is 1. The number of aromatic nitrogens is 1. The third kappa shape index (κ3) is 2.58. The minimum Gasteiger partial charge on any atom is -0.465 e. The van der Waals surface area contributed by atoms with Gasteiger partial charge in [-0.1, -0.05) is 11.3 Å². The van der Waals surface area contributed by atoms with Gasteiger partial charge in [0.15, 0.2) is 5.13 Å². The van der Waals surface area contributed by atoms with Gasteiger partial charge in [0.05, 0.1) is 18.9 Å². The number of hydrogen-bond acceptors (Lipinski definition) is 6. The number of hydrogen-bond donors (Lipinski definition) is 1. The van der Waals surface area contributed by atoms with Crippen LogP contribution in [0.4, 0.5) is 5.13 Å². The maximum atomic E-state index is 11.4. The monoisotopic (exact) mass is 256 g/mol. The minimum atomic E-state index is -0.323. The Morgan fingerprint density at radius 2 is 2.18 bits per heavy atom. The van der Waals surface area contributed by atoms with Gasteiger partial charge in [0, 0.05) is 13.2 Å². The van der Waals surface area contributed by atoms with E-state index in [0.717, 1.165) is 18.0 Å². The lowest BCUT2D eigenvalue weighted by atomic mass is 9.89. The summed E-state index contributed by atoms with van der Waals surface area (Å²) in [5.41, 5.74) is 0.715. The molecule has 1 aliphatic rings. The first-order chi connectivity index (χ1) is 8.13. The number of carbonyl (C=O) groups is 1. The van der Waals surface area contributed by atoms with Gasteiger partial charge in [-0.15, -0.1) is 0 Å². The summed E-state index contributed by atoms with van der Waals surface area (Å²) in [6, 6.07) is 0.399. The number of nitrogens with one attached hydrogen (secondary N) is 1. The molecule has 1 heterocycles. The molecule has 1 saturated carbocycles. The number of methoxy groups -OCH3 is 2. The number of nitrogens with zero attached hydrogens (tertiary/aromatic N) is 1. The lowest BCUT2D eigenvalue weighted by molar-refractivity contribution is 0.0328. The van der Waals surface area contributed by atoms with Crippen LogP contribution in [0.2, 0.25) is 0 Å². The zero-order valence-electron chi connectivity index (χ0n) is 10.1. The Bertz CT molecular complexity index is 413. The first-order valence-electron chi connectivity index (χ1n) is 5.49. The van der Waals surface area contributed by atoms with Crippen LogP contribution in [0.3, 0.4) is 0 Å². The van der Waals surface area contributed by atoms with Gasteiger partial charge >= 0.3 is 5.97 Å². The van der Waals surface area contributed by atoms with Crippen molar-refractivity contribution in [1.29, 1.82) is 0 Å². The van der Waals surface area contributed by atoms with Crippen LogP contribution in [0.25, 0.3) is 0 Å². The van der Waals surface area contributed by atoms with E-state index in [4.69, 9.17) is 9.47 Å². The van der Waals surface area contributed by atoms with Crippen molar-refractivity contribution in [3.63, 3.8) is 0 Å². The molecule has 94 valence electrons. The maximum Gasteiger partial charge on any atom is 0.350 e. The third-order valence-electron chi connectivity index (χ3n) is 2.92. The highest BCUT2D eigenvalue weighted by atomic mass is 32.1. The Morgan fingerprint density at radius 1 is 1.47 bits per heavy atom. The number of rotatable bonds is 4. The normalized spacial score (nSPS) is 23.0. The largest absolute Gasteiger partial charge is 0.465 e. The Morgan fingerprint density at radius 3 is 2.76 bits per heavy atom. The zero-order chi connectivity index (χ0) is 12.4. The number of thiazole rings is 1. The Kier molecular flexibility index (Phi) is 3.63. The first kappa shape index (κ1) is 12.3. The summed E-state index contributed by atoms with van der Waals surface area (Å²) in [6.45, 7) is 1.81. The average Bonchev–Trinajstić information content (AvgIpc) is 2.63. The molecular weight excluding hydrogens is 240 g/mol. The average molecular weight is 256 g/mol. The molecule has 0 spiro atoms. The van der Waals surface area contributed by atoms with Crippen molar-refractivity contribution in [3.8, 4) is 0 Å². The van der Waals surface area contributed by atoms with Crippen molar-refractivity contribution in [2.75, 3.05) is 19.5 Å². The van der Waals surface area contributed by atoms with Gasteiger partial charge in [-0.2, -0.15) is 0 Å². The summed E-state index contributed by atoms with van der Waals surface area (Å²) in [5.74, 6) is -0.323. The summed E-state index contributed by atoms with van der Waals surface area (Å²) < 4.78 is 9.90. The van der Waals surface area contributed by atoms with Crippen LogP contribution in [-0.4, -0.2) is 37.3 Å². The van der Waals surface area contributed by atoms with Crippen LogP contribution in [-0.2, 0) is 9.47 Å². The molecule has 5 nitrogen and oxygen atoms in total. The second-order valence-corrected chi connectivity index (χ2v) is 5.09. The SMILES string of the molecule is COC(=O)c1sc(NC2CC(OC)C2)nc1C. The predicted octanol–water partition coefficient (Wildman–Crippen LogP) is 1.83. The molecule has 0 bridgehead atoms. The van der Waals surface area contributed by atoms with E-state index in [1.54, 1.807) is 7.11 Å². The molecule has 0 aromatic carbocycles. The first-order valence-corrected chi connectivity index (χ1v) is 6.30.